The van der Waals surface area contributed by atoms with Crippen molar-refractivity contribution in [3.63, 3.8) is 0 Å². The van der Waals surface area contributed by atoms with Gasteiger partial charge < -0.3 is 9.32 Å². The zero-order valence-electron chi connectivity index (χ0n) is 15.9. The van der Waals surface area contributed by atoms with Gasteiger partial charge in [-0.3, -0.25) is 4.79 Å². The third kappa shape index (κ3) is 4.72. The van der Waals surface area contributed by atoms with Gasteiger partial charge >= 0.3 is 0 Å². The maximum Gasteiger partial charge on any atom is 0.254 e. The van der Waals surface area contributed by atoms with Crippen LogP contribution in [0.1, 0.15) is 22.5 Å². The van der Waals surface area contributed by atoms with Crippen molar-refractivity contribution < 1.29 is 17.6 Å². The average Bonchev–Trinajstić information content (AvgIpc) is 3.32. The fourth-order valence-corrected chi connectivity index (χ4v) is 5.62. The molecule has 0 aliphatic carbocycles. The number of sulfone groups is 1. The first-order valence-corrected chi connectivity index (χ1v) is 12.0. The number of carbonyl (C=O) groups is 1. The van der Waals surface area contributed by atoms with Gasteiger partial charge in [0.25, 0.3) is 5.91 Å². The predicted octanol–water partition coefficient (Wildman–Crippen LogP) is 5.08. The topological polar surface area (TPSA) is 67.6 Å². The standard InChI is InChI=1S/C22H19Cl2NO4S/c23-17-6-4-15(5-7-17)21-9-8-20(29-21)13-25(19-10-11-30(27,28)14-19)22(26)16-2-1-3-18(24)12-16/h1-9,12,19H,10-11,13-14H2. The molecule has 1 aromatic heterocycles. The van der Waals surface area contributed by atoms with E-state index in [1.54, 1.807) is 47.4 Å². The lowest BCUT2D eigenvalue weighted by atomic mass is 10.1. The van der Waals surface area contributed by atoms with Gasteiger partial charge in [0, 0.05) is 27.2 Å². The number of amides is 1. The van der Waals surface area contributed by atoms with Crippen LogP contribution in [-0.2, 0) is 16.4 Å². The fourth-order valence-electron chi connectivity index (χ4n) is 3.58. The van der Waals surface area contributed by atoms with E-state index >= 15 is 0 Å². The second-order valence-corrected chi connectivity index (χ2v) is 10.4. The molecule has 8 heteroatoms. The molecule has 1 amide bonds. The molecular formula is C22H19Cl2NO4S. The Labute approximate surface area is 185 Å². The summed E-state index contributed by atoms with van der Waals surface area (Å²) in [6.45, 7) is 0.166. The smallest absolute Gasteiger partial charge is 0.254 e. The zero-order valence-corrected chi connectivity index (χ0v) is 18.3. The van der Waals surface area contributed by atoms with E-state index in [2.05, 4.69) is 0 Å². The number of carbonyl (C=O) groups excluding carboxylic acids is 1. The molecule has 0 bridgehead atoms. The average molecular weight is 464 g/mol. The lowest BCUT2D eigenvalue weighted by Gasteiger charge is -2.27. The van der Waals surface area contributed by atoms with Crippen LogP contribution in [0.15, 0.2) is 65.1 Å². The fraction of sp³-hybridized carbons (Fsp3) is 0.227. The van der Waals surface area contributed by atoms with Crippen LogP contribution in [0.25, 0.3) is 11.3 Å². The molecule has 1 unspecified atom stereocenters. The quantitative estimate of drug-likeness (QED) is 0.528. The van der Waals surface area contributed by atoms with Gasteiger partial charge in [-0.05, 0) is 61.0 Å². The van der Waals surface area contributed by atoms with E-state index in [9.17, 15) is 13.2 Å². The Morgan fingerprint density at radius 2 is 1.80 bits per heavy atom. The molecule has 1 saturated heterocycles. The van der Waals surface area contributed by atoms with Crippen molar-refractivity contribution in [2.45, 2.75) is 19.0 Å². The SMILES string of the molecule is O=C(c1cccc(Cl)c1)N(Cc1ccc(-c2ccc(Cl)cc2)o1)C1CCS(=O)(=O)C1. The van der Waals surface area contributed by atoms with Crippen molar-refractivity contribution in [3.05, 3.63) is 82.0 Å². The molecule has 1 aliphatic rings. The van der Waals surface area contributed by atoms with Crippen LogP contribution in [0, 0.1) is 0 Å². The van der Waals surface area contributed by atoms with Crippen LogP contribution in [0.5, 0.6) is 0 Å². The Morgan fingerprint density at radius 1 is 1.03 bits per heavy atom. The van der Waals surface area contributed by atoms with Gasteiger partial charge in [0.15, 0.2) is 9.84 Å². The zero-order chi connectivity index (χ0) is 21.3. The number of nitrogens with zero attached hydrogens (tertiary/aromatic N) is 1. The first-order chi connectivity index (χ1) is 14.3. The number of rotatable bonds is 5. The second-order valence-electron chi connectivity index (χ2n) is 7.27. The van der Waals surface area contributed by atoms with Crippen molar-refractivity contribution in [1.82, 2.24) is 4.90 Å². The Balaban J connectivity index is 1.62. The van der Waals surface area contributed by atoms with Crippen LogP contribution in [-0.4, -0.2) is 36.8 Å². The lowest BCUT2D eigenvalue weighted by Crippen LogP contribution is -2.40. The molecule has 30 heavy (non-hydrogen) atoms. The molecule has 0 N–H and O–H groups in total. The molecule has 0 saturated carbocycles. The maximum absolute atomic E-state index is 13.2. The molecule has 1 aliphatic heterocycles. The summed E-state index contributed by atoms with van der Waals surface area (Å²) in [5.74, 6) is 0.967. The molecule has 5 nitrogen and oxygen atoms in total. The molecule has 3 aromatic rings. The van der Waals surface area contributed by atoms with E-state index in [0.29, 0.717) is 33.6 Å². The minimum absolute atomic E-state index is 0.0515. The molecule has 1 atom stereocenters. The van der Waals surface area contributed by atoms with Crippen LogP contribution in [0.3, 0.4) is 0 Å². The summed E-state index contributed by atoms with van der Waals surface area (Å²) >= 11 is 12.0. The Kier molecular flexibility index (Phi) is 5.91. The number of halogens is 2. The van der Waals surface area contributed by atoms with Crippen molar-refractivity contribution >= 4 is 38.9 Å². The van der Waals surface area contributed by atoms with E-state index in [4.69, 9.17) is 27.6 Å². The highest BCUT2D eigenvalue weighted by Crippen LogP contribution is 2.27. The molecule has 2 aromatic carbocycles. The maximum atomic E-state index is 13.2. The van der Waals surface area contributed by atoms with Crippen molar-refractivity contribution in [3.8, 4) is 11.3 Å². The summed E-state index contributed by atoms with van der Waals surface area (Å²) < 4.78 is 30.0. The lowest BCUT2D eigenvalue weighted by molar-refractivity contribution is 0.0666. The predicted molar refractivity (Wildman–Crippen MR) is 118 cm³/mol. The van der Waals surface area contributed by atoms with Crippen LogP contribution in [0.4, 0.5) is 0 Å². The minimum atomic E-state index is -3.16. The summed E-state index contributed by atoms with van der Waals surface area (Å²) in [6.07, 6.45) is 0.402. The van der Waals surface area contributed by atoms with Crippen LogP contribution in [0.2, 0.25) is 10.0 Å². The second kappa shape index (κ2) is 8.46. The largest absolute Gasteiger partial charge is 0.459 e. The third-order valence-corrected chi connectivity index (χ3v) is 7.34. The molecule has 2 heterocycles. The van der Waals surface area contributed by atoms with Gasteiger partial charge in [0.1, 0.15) is 11.5 Å². The Morgan fingerprint density at radius 3 is 2.47 bits per heavy atom. The van der Waals surface area contributed by atoms with Crippen molar-refractivity contribution in [2.24, 2.45) is 0 Å². The highest BCUT2D eigenvalue weighted by atomic mass is 35.5. The van der Waals surface area contributed by atoms with Gasteiger partial charge in [-0.25, -0.2) is 8.42 Å². The Bertz CT molecular complexity index is 1170. The molecular weight excluding hydrogens is 445 g/mol. The van der Waals surface area contributed by atoms with Crippen LogP contribution < -0.4 is 0 Å². The summed E-state index contributed by atoms with van der Waals surface area (Å²) in [6, 6.07) is 17.1. The highest BCUT2D eigenvalue weighted by Gasteiger charge is 2.35. The van der Waals surface area contributed by atoms with Gasteiger partial charge in [-0.2, -0.15) is 0 Å². The first-order valence-electron chi connectivity index (χ1n) is 9.42. The van der Waals surface area contributed by atoms with Crippen molar-refractivity contribution in [1.29, 1.82) is 0 Å². The van der Waals surface area contributed by atoms with Gasteiger partial charge in [0.05, 0.1) is 18.1 Å². The van der Waals surface area contributed by atoms with E-state index in [0.717, 1.165) is 5.56 Å². The van der Waals surface area contributed by atoms with E-state index in [1.165, 1.54) is 0 Å². The minimum Gasteiger partial charge on any atom is -0.459 e. The van der Waals surface area contributed by atoms with Gasteiger partial charge in [0.2, 0.25) is 0 Å². The number of benzene rings is 2. The third-order valence-electron chi connectivity index (χ3n) is 5.10. The summed E-state index contributed by atoms with van der Waals surface area (Å²) in [7, 11) is -3.16. The number of hydrogen-bond donors (Lipinski definition) is 0. The molecule has 0 spiro atoms. The molecule has 0 radical (unpaired) electrons. The first kappa shape index (κ1) is 21.0. The van der Waals surface area contributed by atoms with Gasteiger partial charge in [-0.1, -0.05) is 29.3 Å². The summed E-state index contributed by atoms with van der Waals surface area (Å²) in [5.41, 5.74) is 1.28. The summed E-state index contributed by atoms with van der Waals surface area (Å²) in [5, 5.41) is 1.08. The molecule has 4 rings (SSSR count). The van der Waals surface area contributed by atoms with Gasteiger partial charge in [-0.15, -0.1) is 0 Å². The Hall–Kier alpha value is -2.28. The summed E-state index contributed by atoms with van der Waals surface area (Å²) in [4.78, 5) is 14.8. The van der Waals surface area contributed by atoms with Crippen molar-refractivity contribution in [2.75, 3.05) is 11.5 Å². The van der Waals surface area contributed by atoms with Crippen LogP contribution >= 0.6 is 23.2 Å². The normalized spacial score (nSPS) is 17.7. The van der Waals surface area contributed by atoms with E-state index < -0.39 is 15.9 Å². The monoisotopic (exact) mass is 463 g/mol. The molecule has 156 valence electrons. The van der Waals surface area contributed by atoms with E-state index in [-0.39, 0.29) is 24.0 Å². The number of hydrogen-bond acceptors (Lipinski definition) is 4. The molecule has 1 fully saturated rings. The van der Waals surface area contributed by atoms with E-state index in [1.807, 2.05) is 18.2 Å². The highest BCUT2D eigenvalue weighted by molar-refractivity contribution is 7.91. The number of furan rings is 1.